The van der Waals surface area contributed by atoms with Gasteiger partial charge in [0.25, 0.3) is 0 Å². The zero-order chi connectivity index (χ0) is 13.7. The summed E-state index contributed by atoms with van der Waals surface area (Å²) >= 11 is 0. The molecule has 0 aromatic heterocycles. The van der Waals surface area contributed by atoms with Crippen molar-refractivity contribution in [2.75, 3.05) is 6.61 Å². The van der Waals surface area contributed by atoms with Crippen molar-refractivity contribution >= 4 is 11.9 Å². The Kier molecular flexibility index (Phi) is 5.59. The summed E-state index contributed by atoms with van der Waals surface area (Å²) in [5.41, 5.74) is 0. The molecule has 18 heavy (non-hydrogen) atoms. The minimum Gasteiger partial charge on any atom is -0.481 e. The van der Waals surface area contributed by atoms with E-state index in [-0.39, 0.29) is 18.6 Å². The molecular formula is C13H23NO4. The molecule has 1 fully saturated rings. The van der Waals surface area contributed by atoms with Gasteiger partial charge in [-0.15, -0.1) is 0 Å². The van der Waals surface area contributed by atoms with Crippen molar-refractivity contribution < 1.29 is 19.8 Å². The van der Waals surface area contributed by atoms with E-state index in [1.54, 1.807) is 0 Å². The normalized spacial score (nSPS) is 28.9. The maximum absolute atomic E-state index is 12.1. The number of amides is 1. The predicted octanol–water partition coefficient (Wildman–Crippen LogP) is 1.01. The Morgan fingerprint density at radius 1 is 1.33 bits per heavy atom. The highest BCUT2D eigenvalue weighted by Crippen LogP contribution is 2.38. The van der Waals surface area contributed by atoms with E-state index >= 15 is 0 Å². The van der Waals surface area contributed by atoms with Gasteiger partial charge >= 0.3 is 5.97 Å². The Bertz CT molecular complexity index is 305. The first kappa shape index (κ1) is 15.0. The van der Waals surface area contributed by atoms with Gasteiger partial charge in [0.15, 0.2) is 0 Å². The van der Waals surface area contributed by atoms with Crippen LogP contribution in [0.1, 0.15) is 39.5 Å². The van der Waals surface area contributed by atoms with Crippen LogP contribution in [0.3, 0.4) is 0 Å². The summed E-state index contributed by atoms with van der Waals surface area (Å²) in [6.45, 7) is 3.86. The number of carbonyl (C=O) groups is 2. The van der Waals surface area contributed by atoms with Gasteiger partial charge in [0.2, 0.25) is 5.91 Å². The molecule has 1 aliphatic rings. The summed E-state index contributed by atoms with van der Waals surface area (Å²) in [7, 11) is 0. The second-order valence-electron chi connectivity index (χ2n) is 5.22. The molecule has 0 saturated heterocycles. The first-order chi connectivity index (χ1) is 8.49. The molecule has 4 atom stereocenters. The number of carbonyl (C=O) groups excluding carboxylic acids is 1. The van der Waals surface area contributed by atoms with Gasteiger partial charge in [-0.2, -0.15) is 0 Å². The fourth-order valence-corrected chi connectivity index (χ4v) is 2.65. The third kappa shape index (κ3) is 3.70. The number of carboxylic acids is 1. The zero-order valence-corrected chi connectivity index (χ0v) is 11.1. The number of hydrogen-bond donors (Lipinski definition) is 3. The number of hydrogen-bond acceptors (Lipinski definition) is 3. The number of rotatable bonds is 6. The average molecular weight is 257 g/mol. The monoisotopic (exact) mass is 257 g/mol. The minimum absolute atomic E-state index is 0.0199. The topological polar surface area (TPSA) is 86.6 Å². The van der Waals surface area contributed by atoms with Crippen molar-refractivity contribution in [1.82, 2.24) is 5.32 Å². The minimum atomic E-state index is -0.874. The molecule has 5 heteroatoms. The van der Waals surface area contributed by atoms with Gasteiger partial charge in [0.1, 0.15) is 0 Å². The molecule has 0 spiro atoms. The van der Waals surface area contributed by atoms with Crippen molar-refractivity contribution in [3.05, 3.63) is 0 Å². The van der Waals surface area contributed by atoms with Crippen molar-refractivity contribution in [3.63, 3.8) is 0 Å². The average Bonchev–Trinajstić information content (AvgIpc) is 2.73. The van der Waals surface area contributed by atoms with E-state index in [4.69, 9.17) is 10.2 Å². The standard InChI is InChI=1S/C13H23NO4/c1-3-9-6-10(11(7-9)13(17)18)12(16)14-8(2)4-5-15/h8-11,15H,3-7H2,1-2H3,(H,14,16)(H,17,18)/t8?,9?,10-,11+/m0/s1. The van der Waals surface area contributed by atoms with E-state index in [0.29, 0.717) is 25.2 Å². The molecule has 104 valence electrons. The van der Waals surface area contributed by atoms with Gasteiger partial charge in [-0.3, -0.25) is 9.59 Å². The number of aliphatic hydroxyl groups is 1. The maximum Gasteiger partial charge on any atom is 0.307 e. The summed E-state index contributed by atoms with van der Waals surface area (Å²) < 4.78 is 0. The zero-order valence-electron chi connectivity index (χ0n) is 11.1. The highest BCUT2D eigenvalue weighted by molar-refractivity contribution is 5.85. The first-order valence-corrected chi connectivity index (χ1v) is 6.63. The SMILES string of the molecule is CCC1C[C@H](C(=O)NC(C)CCO)[C@H](C(=O)O)C1. The lowest BCUT2D eigenvalue weighted by Crippen LogP contribution is -2.40. The number of nitrogens with one attached hydrogen (secondary N) is 1. The Balaban J connectivity index is 2.62. The lowest BCUT2D eigenvalue weighted by atomic mass is 9.95. The molecule has 3 N–H and O–H groups in total. The Morgan fingerprint density at radius 3 is 2.44 bits per heavy atom. The quantitative estimate of drug-likeness (QED) is 0.663. The molecule has 0 aromatic carbocycles. The Hall–Kier alpha value is -1.10. The second-order valence-corrected chi connectivity index (χ2v) is 5.22. The van der Waals surface area contributed by atoms with Crippen LogP contribution in [-0.4, -0.2) is 34.7 Å². The molecule has 0 heterocycles. The van der Waals surface area contributed by atoms with Crippen LogP contribution in [-0.2, 0) is 9.59 Å². The molecule has 0 bridgehead atoms. The van der Waals surface area contributed by atoms with Crippen LogP contribution in [0, 0.1) is 17.8 Å². The molecular weight excluding hydrogens is 234 g/mol. The third-order valence-corrected chi connectivity index (χ3v) is 3.84. The highest BCUT2D eigenvalue weighted by atomic mass is 16.4. The molecule has 0 radical (unpaired) electrons. The van der Waals surface area contributed by atoms with Crippen molar-refractivity contribution in [1.29, 1.82) is 0 Å². The van der Waals surface area contributed by atoms with E-state index < -0.39 is 17.8 Å². The van der Waals surface area contributed by atoms with Gasteiger partial charge < -0.3 is 15.5 Å². The smallest absolute Gasteiger partial charge is 0.307 e. The van der Waals surface area contributed by atoms with Crippen molar-refractivity contribution in [2.45, 2.75) is 45.6 Å². The summed E-state index contributed by atoms with van der Waals surface area (Å²) in [6.07, 6.45) is 2.66. The lowest BCUT2D eigenvalue weighted by Gasteiger charge is -2.19. The molecule has 1 rings (SSSR count). The van der Waals surface area contributed by atoms with Crippen molar-refractivity contribution in [2.24, 2.45) is 17.8 Å². The van der Waals surface area contributed by atoms with E-state index in [1.165, 1.54) is 0 Å². The fourth-order valence-electron chi connectivity index (χ4n) is 2.65. The summed E-state index contributed by atoms with van der Waals surface area (Å²) in [5.74, 6) is -1.71. The van der Waals surface area contributed by atoms with Crippen LogP contribution in [0.5, 0.6) is 0 Å². The first-order valence-electron chi connectivity index (χ1n) is 6.63. The van der Waals surface area contributed by atoms with Crippen LogP contribution >= 0.6 is 0 Å². The van der Waals surface area contributed by atoms with Crippen LogP contribution in [0.25, 0.3) is 0 Å². The second kappa shape index (κ2) is 6.73. The van der Waals surface area contributed by atoms with E-state index in [0.717, 1.165) is 6.42 Å². The van der Waals surface area contributed by atoms with Crippen LogP contribution < -0.4 is 5.32 Å². The van der Waals surface area contributed by atoms with Gasteiger partial charge in [-0.1, -0.05) is 13.3 Å². The largest absolute Gasteiger partial charge is 0.481 e. The molecule has 1 saturated carbocycles. The third-order valence-electron chi connectivity index (χ3n) is 3.84. The van der Waals surface area contributed by atoms with Gasteiger partial charge in [0.05, 0.1) is 11.8 Å². The highest BCUT2D eigenvalue weighted by Gasteiger charge is 2.42. The van der Waals surface area contributed by atoms with Crippen LogP contribution in [0.2, 0.25) is 0 Å². The Morgan fingerprint density at radius 2 is 1.94 bits per heavy atom. The lowest BCUT2D eigenvalue weighted by molar-refractivity contribution is -0.146. The molecule has 1 amide bonds. The molecule has 0 aromatic rings. The summed E-state index contributed by atoms with van der Waals surface area (Å²) in [5, 5.41) is 20.7. The van der Waals surface area contributed by atoms with Crippen LogP contribution in [0.15, 0.2) is 0 Å². The number of carboxylic acid groups (broad SMARTS) is 1. The van der Waals surface area contributed by atoms with Gasteiger partial charge in [-0.25, -0.2) is 0 Å². The van der Waals surface area contributed by atoms with Crippen molar-refractivity contribution in [3.8, 4) is 0 Å². The van der Waals surface area contributed by atoms with Gasteiger partial charge in [-0.05, 0) is 32.1 Å². The van der Waals surface area contributed by atoms with E-state index in [9.17, 15) is 9.59 Å². The molecule has 2 unspecified atom stereocenters. The van der Waals surface area contributed by atoms with Crippen LogP contribution in [0.4, 0.5) is 0 Å². The van der Waals surface area contributed by atoms with E-state index in [2.05, 4.69) is 5.32 Å². The Labute approximate surface area is 108 Å². The summed E-state index contributed by atoms with van der Waals surface area (Å²) in [4.78, 5) is 23.2. The molecule has 1 aliphatic carbocycles. The fraction of sp³-hybridized carbons (Fsp3) is 0.846. The predicted molar refractivity (Wildman–Crippen MR) is 66.9 cm³/mol. The number of aliphatic hydroxyl groups excluding tert-OH is 1. The molecule has 5 nitrogen and oxygen atoms in total. The molecule has 0 aliphatic heterocycles. The van der Waals surface area contributed by atoms with E-state index in [1.807, 2.05) is 13.8 Å². The maximum atomic E-state index is 12.1. The van der Waals surface area contributed by atoms with Gasteiger partial charge in [0, 0.05) is 12.6 Å². The number of aliphatic carboxylic acids is 1. The summed E-state index contributed by atoms with van der Waals surface area (Å²) in [6, 6.07) is -0.113.